The molecule has 1 heteroatoms. The van der Waals surface area contributed by atoms with Crippen molar-refractivity contribution in [2.75, 3.05) is 0 Å². The molecule has 0 spiro atoms. The predicted molar refractivity (Wildman–Crippen MR) is 52.5 cm³/mol. The van der Waals surface area contributed by atoms with Gasteiger partial charge >= 0.3 is 0 Å². The van der Waals surface area contributed by atoms with E-state index < -0.39 is 0 Å². The molecule has 0 N–H and O–H groups in total. The molecule has 1 aromatic rings. The van der Waals surface area contributed by atoms with Crippen LogP contribution in [0, 0.1) is 6.92 Å². The molecule has 66 valence electrons. The molecule has 0 atom stereocenters. The van der Waals surface area contributed by atoms with Crippen LogP contribution in [-0.2, 0) is 0 Å². The Hall–Kier alpha value is -1.24. The third-order valence-electron chi connectivity index (χ3n) is 3.37. The lowest BCUT2D eigenvalue weighted by Gasteiger charge is -1.99. The zero-order chi connectivity index (χ0) is 9.16. The minimum Gasteiger partial charge on any atom is -0.464 e. The van der Waals surface area contributed by atoms with Crippen molar-refractivity contribution >= 4 is 11.1 Å². The lowest BCUT2D eigenvalue weighted by atomic mass is 10.0. The van der Waals surface area contributed by atoms with Gasteiger partial charge in [0.05, 0.1) is 6.26 Å². The van der Waals surface area contributed by atoms with Crippen LogP contribution in [0.5, 0.6) is 0 Å². The number of furan rings is 1. The Morgan fingerprint density at radius 3 is 2.54 bits per heavy atom. The Balaban J connectivity index is 2.60. The summed E-state index contributed by atoms with van der Waals surface area (Å²) in [7, 11) is 0. The van der Waals surface area contributed by atoms with Crippen molar-refractivity contribution in [3.63, 3.8) is 0 Å². The van der Waals surface area contributed by atoms with Gasteiger partial charge < -0.3 is 4.42 Å². The van der Waals surface area contributed by atoms with Gasteiger partial charge in [-0.25, -0.2) is 0 Å². The van der Waals surface area contributed by atoms with Crippen molar-refractivity contribution in [3.05, 3.63) is 33.6 Å². The fraction of sp³-hybridized carbons (Fsp3) is 0.333. The first-order chi connectivity index (χ1) is 6.20. The number of fused-ring (bicyclic) bond motifs is 3. The zero-order valence-electron chi connectivity index (χ0n) is 8.19. The van der Waals surface area contributed by atoms with Gasteiger partial charge in [0.25, 0.3) is 0 Å². The van der Waals surface area contributed by atoms with Gasteiger partial charge in [0.1, 0.15) is 5.42 Å². The Bertz CT molecular complexity index is 552. The summed E-state index contributed by atoms with van der Waals surface area (Å²) in [6, 6.07) is 0. The van der Waals surface area contributed by atoms with Gasteiger partial charge in [-0.15, -0.1) is 0 Å². The molecule has 0 saturated heterocycles. The van der Waals surface area contributed by atoms with Crippen molar-refractivity contribution < 1.29 is 4.42 Å². The molecule has 0 unspecified atom stereocenters. The summed E-state index contributed by atoms with van der Waals surface area (Å²) < 4.78 is 5.57. The zero-order valence-corrected chi connectivity index (χ0v) is 8.19. The molecule has 0 saturated carbocycles. The van der Waals surface area contributed by atoms with Gasteiger partial charge in [-0.3, -0.25) is 0 Å². The van der Waals surface area contributed by atoms with Crippen LogP contribution >= 0.6 is 0 Å². The van der Waals surface area contributed by atoms with Gasteiger partial charge in [0.2, 0.25) is 0 Å². The Labute approximate surface area is 77.1 Å². The third-order valence-corrected chi connectivity index (χ3v) is 3.37. The molecule has 0 radical (unpaired) electrons. The molecule has 0 amide bonds. The highest BCUT2D eigenvalue weighted by Gasteiger charge is 2.27. The van der Waals surface area contributed by atoms with E-state index in [0.29, 0.717) is 0 Å². The van der Waals surface area contributed by atoms with E-state index in [-0.39, 0.29) is 0 Å². The molecule has 3 rings (SSSR count). The van der Waals surface area contributed by atoms with Crippen molar-refractivity contribution in [2.45, 2.75) is 27.2 Å². The van der Waals surface area contributed by atoms with E-state index in [2.05, 4.69) is 20.8 Å². The molecule has 2 aliphatic rings. The van der Waals surface area contributed by atoms with Crippen LogP contribution in [0.2, 0.25) is 0 Å². The second-order valence-corrected chi connectivity index (χ2v) is 4.01. The molecule has 0 aliphatic heterocycles. The largest absolute Gasteiger partial charge is 0.464 e. The monoisotopic (exact) mass is 172 g/mol. The van der Waals surface area contributed by atoms with E-state index in [1.165, 1.54) is 33.1 Å². The standard InChI is InChI=1S/C12H12O/c1-6-5-13-12-10-4-9(11(6)12)7(2)8(10)3/h5H,4H2,1-3H3. The van der Waals surface area contributed by atoms with E-state index in [1.54, 1.807) is 0 Å². The molecule has 0 fully saturated rings. The number of allylic oxidation sites excluding steroid dienone is 2. The fourth-order valence-corrected chi connectivity index (χ4v) is 2.46. The normalized spacial score (nSPS) is 19.0. The van der Waals surface area contributed by atoms with Crippen molar-refractivity contribution in [1.29, 1.82) is 0 Å². The van der Waals surface area contributed by atoms with Gasteiger partial charge in [0, 0.05) is 17.2 Å². The minimum absolute atomic E-state index is 1.10. The average molecular weight is 172 g/mol. The van der Waals surface area contributed by atoms with Crippen molar-refractivity contribution in [2.24, 2.45) is 0 Å². The lowest BCUT2D eigenvalue weighted by Crippen LogP contribution is -2.24. The van der Waals surface area contributed by atoms with Crippen LogP contribution in [0.15, 0.2) is 21.8 Å². The molecule has 13 heavy (non-hydrogen) atoms. The second-order valence-electron chi connectivity index (χ2n) is 4.01. The van der Waals surface area contributed by atoms with Crippen molar-refractivity contribution in [1.82, 2.24) is 0 Å². The first kappa shape index (κ1) is 7.19. The summed E-state index contributed by atoms with van der Waals surface area (Å²) in [5, 5.41) is 1.37. The number of hydrogen-bond acceptors (Lipinski definition) is 1. The van der Waals surface area contributed by atoms with Crippen LogP contribution < -0.4 is 10.6 Å². The maximum absolute atomic E-state index is 5.57. The van der Waals surface area contributed by atoms with Gasteiger partial charge in [-0.1, -0.05) is 0 Å². The first-order valence-electron chi connectivity index (χ1n) is 4.69. The van der Waals surface area contributed by atoms with Crippen LogP contribution in [0.4, 0.5) is 0 Å². The highest BCUT2D eigenvalue weighted by Crippen LogP contribution is 2.38. The first-order valence-corrected chi connectivity index (χ1v) is 4.69. The Morgan fingerprint density at radius 1 is 1.08 bits per heavy atom. The molecule has 1 nitrogen and oxygen atoms in total. The molecule has 2 bridgehead atoms. The fourth-order valence-electron chi connectivity index (χ4n) is 2.46. The number of hydrogen-bond donors (Lipinski definition) is 0. The SMILES string of the molecule is CC1=C(C)C2=c3c(C)coc3=C1C2. The molecular weight excluding hydrogens is 160 g/mol. The van der Waals surface area contributed by atoms with Crippen molar-refractivity contribution in [3.8, 4) is 0 Å². The topological polar surface area (TPSA) is 13.1 Å². The second kappa shape index (κ2) is 1.98. The highest BCUT2D eigenvalue weighted by atomic mass is 16.3. The number of rotatable bonds is 0. The van der Waals surface area contributed by atoms with Gasteiger partial charge in [-0.05, 0) is 43.1 Å². The van der Waals surface area contributed by atoms with Crippen LogP contribution in [0.25, 0.3) is 11.1 Å². The minimum atomic E-state index is 1.10. The summed E-state index contributed by atoms with van der Waals surface area (Å²) in [5.41, 5.74) is 8.22. The Morgan fingerprint density at radius 2 is 1.77 bits per heavy atom. The van der Waals surface area contributed by atoms with E-state index in [0.717, 1.165) is 11.8 Å². The smallest absolute Gasteiger partial charge is 0.138 e. The third kappa shape index (κ3) is 0.646. The molecule has 2 aliphatic carbocycles. The summed E-state index contributed by atoms with van der Waals surface area (Å²) in [5.74, 6) is 0. The number of aryl methyl sites for hydroxylation is 1. The van der Waals surface area contributed by atoms with Gasteiger partial charge in [0.15, 0.2) is 0 Å². The lowest BCUT2D eigenvalue weighted by molar-refractivity contribution is 0.527. The van der Waals surface area contributed by atoms with E-state index in [1.807, 2.05) is 6.26 Å². The van der Waals surface area contributed by atoms with E-state index in [4.69, 9.17) is 4.42 Å². The van der Waals surface area contributed by atoms with Crippen LogP contribution in [0.3, 0.4) is 0 Å². The highest BCUT2D eigenvalue weighted by molar-refractivity contribution is 5.91. The summed E-state index contributed by atoms with van der Waals surface area (Å²) in [6.07, 6.45) is 2.98. The van der Waals surface area contributed by atoms with E-state index in [9.17, 15) is 0 Å². The quantitative estimate of drug-likeness (QED) is 0.580. The molecular formula is C12H12O. The maximum atomic E-state index is 5.57. The van der Waals surface area contributed by atoms with Gasteiger partial charge in [-0.2, -0.15) is 0 Å². The van der Waals surface area contributed by atoms with Crippen LogP contribution in [-0.4, -0.2) is 0 Å². The average Bonchev–Trinajstić information content (AvgIpc) is 2.70. The molecule has 0 aromatic carbocycles. The molecule has 1 aromatic heterocycles. The summed E-state index contributed by atoms with van der Waals surface area (Å²) >= 11 is 0. The predicted octanol–water partition coefficient (Wildman–Crippen LogP) is 1.64. The molecule has 1 heterocycles. The summed E-state index contributed by atoms with van der Waals surface area (Å²) in [6.45, 7) is 6.53. The summed E-state index contributed by atoms with van der Waals surface area (Å²) in [4.78, 5) is 0. The van der Waals surface area contributed by atoms with E-state index >= 15 is 0 Å². The Kier molecular flexibility index (Phi) is 1.09. The van der Waals surface area contributed by atoms with Crippen LogP contribution in [0.1, 0.15) is 25.8 Å². The maximum Gasteiger partial charge on any atom is 0.138 e.